The highest BCUT2D eigenvalue weighted by molar-refractivity contribution is 9.11. The largest absolute Gasteiger partial charge is 0.496 e. The Morgan fingerprint density at radius 1 is 1.15 bits per heavy atom. The summed E-state index contributed by atoms with van der Waals surface area (Å²) in [4.78, 5) is 32.1. The molecule has 4 rings (SSSR count). The van der Waals surface area contributed by atoms with Crippen LogP contribution in [0.2, 0.25) is 0 Å². The van der Waals surface area contributed by atoms with E-state index in [4.69, 9.17) is 18.9 Å². The summed E-state index contributed by atoms with van der Waals surface area (Å²) in [5, 5.41) is 0. The number of methoxy groups -OCH3 is 2. The lowest BCUT2D eigenvalue weighted by Crippen LogP contribution is -2.40. The van der Waals surface area contributed by atoms with Crippen LogP contribution in [0.1, 0.15) is 31.0 Å². The summed E-state index contributed by atoms with van der Waals surface area (Å²) in [6.07, 6.45) is 3.41. The van der Waals surface area contributed by atoms with Crippen molar-refractivity contribution >= 4 is 55.2 Å². The fraction of sp³-hybridized carbons (Fsp3) is 0.250. The van der Waals surface area contributed by atoms with Crippen LogP contribution in [0.5, 0.6) is 17.2 Å². The van der Waals surface area contributed by atoms with Crippen molar-refractivity contribution in [3.63, 3.8) is 0 Å². The van der Waals surface area contributed by atoms with E-state index in [1.54, 1.807) is 52.4 Å². The van der Waals surface area contributed by atoms with Crippen molar-refractivity contribution in [2.45, 2.75) is 19.9 Å². The van der Waals surface area contributed by atoms with Gasteiger partial charge < -0.3 is 18.9 Å². The second kappa shape index (κ2) is 12.4. The van der Waals surface area contributed by atoms with Gasteiger partial charge in [0, 0.05) is 0 Å². The molecule has 204 valence electrons. The molecule has 0 bridgehead atoms. The number of esters is 1. The Kier molecular flexibility index (Phi) is 9.14. The van der Waals surface area contributed by atoms with Gasteiger partial charge in [0.2, 0.25) is 0 Å². The molecule has 0 N–H and O–H groups in total. The normalized spacial score (nSPS) is 14.9. The number of ether oxygens (including phenoxy) is 4. The van der Waals surface area contributed by atoms with Crippen LogP contribution in [0, 0.1) is 0 Å². The molecule has 0 spiro atoms. The van der Waals surface area contributed by atoms with Gasteiger partial charge in [0.15, 0.2) is 16.3 Å². The smallest absolute Gasteiger partial charge is 0.338 e. The summed E-state index contributed by atoms with van der Waals surface area (Å²) in [7, 11) is 3.12. The molecule has 1 aromatic heterocycles. The van der Waals surface area contributed by atoms with Gasteiger partial charge in [-0.1, -0.05) is 30.1 Å². The van der Waals surface area contributed by atoms with Crippen molar-refractivity contribution < 1.29 is 23.7 Å². The van der Waals surface area contributed by atoms with Crippen LogP contribution in [-0.4, -0.2) is 38.0 Å². The zero-order valence-electron chi connectivity index (χ0n) is 21.7. The maximum atomic E-state index is 13.9. The Morgan fingerprint density at radius 3 is 2.54 bits per heavy atom. The summed E-state index contributed by atoms with van der Waals surface area (Å²) < 4.78 is 25.3. The van der Waals surface area contributed by atoms with Crippen molar-refractivity contribution in [3.8, 4) is 17.2 Å². The summed E-state index contributed by atoms with van der Waals surface area (Å²) in [5.74, 6) is 1.15. The van der Waals surface area contributed by atoms with Crippen molar-refractivity contribution in [1.82, 2.24) is 4.57 Å². The minimum Gasteiger partial charge on any atom is -0.496 e. The van der Waals surface area contributed by atoms with Gasteiger partial charge in [0.25, 0.3) is 5.56 Å². The highest BCUT2D eigenvalue weighted by atomic mass is 79.9. The molecule has 0 amide bonds. The number of carbonyl (C=O) groups is 1. The molecule has 0 radical (unpaired) electrons. The molecule has 39 heavy (non-hydrogen) atoms. The third kappa shape index (κ3) is 5.75. The van der Waals surface area contributed by atoms with Crippen LogP contribution in [0.25, 0.3) is 6.08 Å². The number of halogens is 2. The molecule has 1 aliphatic heterocycles. The van der Waals surface area contributed by atoms with E-state index in [0.717, 1.165) is 5.56 Å². The van der Waals surface area contributed by atoms with Crippen LogP contribution in [-0.2, 0) is 9.53 Å². The molecule has 2 aromatic carbocycles. The first-order valence-electron chi connectivity index (χ1n) is 11.9. The van der Waals surface area contributed by atoms with Gasteiger partial charge in [0.05, 0.1) is 51.6 Å². The Hall–Kier alpha value is -3.15. The lowest BCUT2D eigenvalue weighted by Gasteiger charge is -2.25. The second-order valence-corrected chi connectivity index (χ2v) is 11.0. The van der Waals surface area contributed by atoms with Crippen LogP contribution in [0.4, 0.5) is 0 Å². The van der Waals surface area contributed by atoms with E-state index < -0.39 is 12.0 Å². The summed E-state index contributed by atoms with van der Waals surface area (Å²) >= 11 is 8.30. The molecule has 0 saturated heterocycles. The first-order chi connectivity index (χ1) is 18.7. The SMILES string of the molecule is C=CCOc1c(Br)cc(/C=c2/sc3n(c2=O)[C@@H](c2ccc(OC)c(Br)c2)C(C(=O)OCC)=C(C)N=3)cc1OC. The first kappa shape index (κ1) is 28.8. The van der Waals surface area contributed by atoms with Gasteiger partial charge in [0.1, 0.15) is 12.4 Å². The highest BCUT2D eigenvalue weighted by Crippen LogP contribution is 2.37. The lowest BCUT2D eigenvalue weighted by atomic mass is 9.96. The van der Waals surface area contributed by atoms with E-state index >= 15 is 0 Å². The molecule has 0 saturated carbocycles. The average molecular weight is 678 g/mol. The zero-order valence-corrected chi connectivity index (χ0v) is 25.7. The number of allylic oxidation sites excluding steroid dienone is 1. The van der Waals surface area contributed by atoms with Gasteiger partial charge >= 0.3 is 5.97 Å². The van der Waals surface area contributed by atoms with Crippen LogP contribution >= 0.6 is 43.2 Å². The number of thiazole rings is 1. The fourth-order valence-corrected chi connectivity index (χ4v) is 6.40. The molecule has 0 unspecified atom stereocenters. The van der Waals surface area contributed by atoms with Crippen molar-refractivity contribution in [1.29, 1.82) is 0 Å². The number of hydrogen-bond donors (Lipinski definition) is 0. The van der Waals surface area contributed by atoms with Gasteiger partial charge in [-0.25, -0.2) is 9.79 Å². The predicted octanol–water partition coefficient (Wildman–Crippen LogP) is 4.91. The fourth-order valence-electron chi connectivity index (χ4n) is 4.22. The number of carbonyl (C=O) groups excluding carboxylic acids is 1. The number of benzene rings is 2. The van der Waals surface area contributed by atoms with Gasteiger partial charge in [-0.3, -0.25) is 9.36 Å². The summed E-state index contributed by atoms with van der Waals surface area (Å²) in [6, 6.07) is 8.34. The average Bonchev–Trinajstić information content (AvgIpc) is 3.20. The second-order valence-electron chi connectivity index (χ2n) is 8.33. The van der Waals surface area contributed by atoms with Crippen molar-refractivity contribution in [2.75, 3.05) is 27.4 Å². The number of aromatic nitrogens is 1. The molecular weight excluding hydrogens is 652 g/mol. The predicted molar refractivity (Wildman–Crippen MR) is 157 cm³/mol. The van der Waals surface area contributed by atoms with E-state index in [-0.39, 0.29) is 12.2 Å². The highest BCUT2D eigenvalue weighted by Gasteiger charge is 2.33. The minimum absolute atomic E-state index is 0.197. The number of rotatable bonds is 9. The van der Waals surface area contributed by atoms with Gasteiger partial charge in [-0.05, 0) is 87.2 Å². The van der Waals surface area contributed by atoms with E-state index in [0.29, 0.717) is 59.0 Å². The topological polar surface area (TPSA) is 88.4 Å². The molecule has 0 fully saturated rings. The number of nitrogens with zero attached hydrogens (tertiary/aromatic N) is 2. The maximum absolute atomic E-state index is 13.9. The molecule has 11 heteroatoms. The lowest BCUT2D eigenvalue weighted by molar-refractivity contribution is -0.139. The molecular formula is C28H26Br2N2O6S. The Morgan fingerprint density at radius 2 is 1.90 bits per heavy atom. The molecule has 1 aliphatic rings. The summed E-state index contributed by atoms with van der Waals surface area (Å²) in [6.45, 7) is 7.68. The van der Waals surface area contributed by atoms with E-state index in [1.807, 2.05) is 18.2 Å². The Labute approximate surface area is 246 Å². The monoisotopic (exact) mass is 676 g/mol. The Balaban J connectivity index is 1.92. The van der Waals surface area contributed by atoms with E-state index in [2.05, 4.69) is 43.4 Å². The van der Waals surface area contributed by atoms with Gasteiger partial charge in [-0.2, -0.15) is 0 Å². The molecule has 8 nitrogen and oxygen atoms in total. The summed E-state index contributed by atoms with van der Waals surface area (Å²) in [5.41, 5.74) is 1.94. The van der Waals surface area contributed by atoms with Crippen molar-refractivity contribution in [2.24, 2.45) is 4.99 Å². The van der Waals surface area contributed by atoms with E-state index in [9.17, 15) is 9.59 Å². The van der Waals surface area contributed by atoms with E-state index in [1.165, 1.54) is 15.9 Å². The first-order valence-corrected chi connectivity index (χ1v) is 14.3. The van der Waals surface area contributed by atoms with Crippen LogP contribution < -0.4 is 29.1 Å². The molecule has 1 atom stereocenters. The Bertz CT molecular complexity index is 1660. The van der Waals surface area contributed by atoms with Gasteiger partial charge in [-0.15, -0.1) is 0 Å². The van der Waals surface area contributed by atoms with Crippen LogP contribution in [0.3, 0.4) is 0 Å². The quantitative estimate of drug-likeness (QED) is 0.237. The molecule has 2 heterocycles. The molecule has 3 aromatic rings. The third-order valence-corrected chi connectivity index (χ3v) is 8.10. The standard InChI is InChI=1S/C28H26Br2N2O6S/c1-6-10-38-25-19(30)11-16(12-21(25)36-5)13-22-26(33)32-24(17-8-9-20(35-4)18(29)14-17)23(27(34)37-7-2)15(3)31-28(32)39-22/h6,8-9,11-14,24H,1,7,10H2,2-5H3/b22-13+/t24-/m0/s1. The zero-order chi connectivity index (χ0) is 28.3. The molecule has 0 aliphatic carbocycles. The van der Waals surface area contributed by atoms with Crippen LogP contribution in [0.15, 0.2) is 73.0 Å². The number of hydrogen-bond acceptors (Lipinski definition) is 8. The number of fused-ring (bicyclic) bond motifs is 1. The maximum Gasteiger partial charge on any atom is 0.338 e. The third-order valence-electron chi connectivity index (χ3n) is 5.90. The van der Waals surface area contributed by atoms with Crippen molar-refractivity contribution in [3.05, 3.63) is 94.0 Å². The minimum atomic E-state index is -0.736.